The van der Waals surface area contributed by atoms with E-state index in [-0.39, 0.29) is 24.3 Å². The molecule has 0 bridgehead atoms. The van der Waals surface area contributed by atoms with Gasteiger partial charge in [-0.2, -0.15) is 0 Å². The molecule has 2 amide bonds. The lowest BCUT2D eigenvalue weighted by Crippen LogP contribution is -2.48. The van der Waals surface area contributed by atoms with Crippen molar-refractivity contribution in [3.05, 3.63) is 95.4 Å². The van der Waals surface area contributed by atoms with Gasteiger partial charge < -0.3 is 21.1 Å². The summed E-state index contributed by atoms with van der Waals surface area (Å²) < 4.78 is 32.4. The molecule has 2 aromatic heterocycles. The third-order valence-electron chi connectivity index (χ3n) is 5.62. The van der Waals surface area contributed by atoms with Crippen LogP contribution in [-0.2, 0) is 17.8 Å². The molecule has 0 aliphatic rings. The number of amides is 2. The molecule has 0 saturated carbocycles. The van der Waals surface area contributed by atoms with Crippen LogP contribution in [0.25, 0.3) is 10.8 Å². The number of aromatic nitrogens is 2. The summed E-state index contributed by atoms with van der Waals surface area (Å²) in [5.74, 6) is -2.49. The van der Waals surface area contributed by atoms with E-state index in [0.717, 1.165) is 28.5 Å². The lowest BCUT2D eigenvalue weighted by Gasteiger charge is -2.20. The number of methoxy groups -OCH3 is 1. The topological polar surface area (TPSA) is 119 Å². The zero-order valence-corrected chi connectivity index (χ0v) is 19.3. The van der Waals surface area contributed by atoms with Gasteiger partial charge in [-0.1, -0.05) is 18.2 Å². The summed E-state index contributed by atoms with van der Waals surface area (Å²) in [6, 6.07) is 11.0. The number of nitrogens with zero attached hydrogens (tertiary/aromatic N) is 2. The first-order valence-electron chi connectivity index (χ1n) is 11.0. The zero-order valence-electron chi connectivity index (χ0n) is 19.3. The van der Waals surface area contributed by atoms with E-state index >= 15 is 0 Å². The molecule has 4 rings (SSSR count). The molecule has 184 valence electrons. The largest absolute Gasteiger partial charge is 0.494 e. The van der Waals surface area contributed by atoms with Crippen molar-refractivity contribution < 1.29 is 23.1 Å². The fraction of sp³-hybridized carbons (Fsp3) is 0.154. The average molecular weight is 491 g/mol. The molecule has 4 N–H and O–H groups in total. The van der Waals surface area contributed by atoms with Crippen molar-refractivity contribution in [1.82, 2.24) is 20.6 Å². The van der Waals surface area contributed by atoms with E-state index in [2.05, 4.69) is 20.6 Å². The first-order valence-corrected chi connectivity index (χ1v) is 11.0. The second kappa shape index (κ2) is 10.8. The molecule has 0 unspecified atom stereocenters. The minimum absolute atomic E-state index is 0.0674. The number of benzene rings is 2. The van der Waals surface area contributed by atoms with E-state index < -0.39 is 29.5 Å². The van der Waals surface area contributed by atoms with Gasteiger partial charge >= 0.3 is 0 Å². The second-order valence-electron chi connectivity index (χ2n) is 8.02. The Morgan fingerprint density at radius 3 is 2.61 bits per heavy atom. The quantitative estimate of drug-likeness (QED) is 0.348. The number of rotatable bonds is 8. The maximum Gasteiger partial charge on any atom is 0.255 e. The molecule has 0 aliphatic carbocycles. The van der Waals surface area contributed by atoms with Gasteiger partial charge in [-0.15, -0.1) is 0 Å². The Morgan fingerprint density at radius 2 is 1.83 bits per heavy atom. The Morgan fingerprint density at radius 1 is 1.03 bits per heavy atom. The van der Waals surface area contributed by atoms with Crippen molar-refractivity contribution in [2.24, 2.45) is 0 Å². The number of nitrogen functional groups attached to an aromatic ring is 1. The number of nitrogens with two attached hydrogens (primary N) is 1. The number of fused-ring (bicyclic) bond motifs is 1. The highest BCUT2D eigenvalue weighted by atomic mass is 19.2. The Balaban J connectivity index is 1.54. The number of pyridine rings is 2. The minimum Gasteiger partial charge on any atom is -0.494 e. The molecule has 0 radical (unpaired) electrons. The molecule has 10 heteroatoms. The summed E-state index contributed by atoms with van der Waals surface area (Å²) in [4.78, 5) is 34.1. The molecule has 1 atom stereocenters. The molecule has 0 fully saturated rings. The highest BCUT2D eigenvalue weighted by molar-refractivity contribution is 5.99. The molecule has 2 heterocycles. The summed E-state index contributed by atoms with van der Waals surface area (Å²) in [5.41, 5.74) is 7.21. The first-order chi connectivity index (χ1) is 17.4. The van der Waals surface area contributed by atoms with Crippen LogP contribution in [0, 0.1) is 11.6 Å². The van der Waals surface area contributed by atoms with Crippen molar-refractivity contribution in [2.45, 2.75) is 19.0 Å². The van der Waals surface area contributed by atoms with Gasteiger partial charge in [0.05, 0.1) is 18.9 Å². The molecule has 0 aliphatic heterocycles. The maximum atomic E-state index is 13.8. The molecular formula is C26H23F2N5O3. The van der Waals surface area contributed by atoms with Crippen molar-refractivity contribution in [3.63, 3.8) is 0 Å². The Labute approximate surface area is 205 Å². The van der Waals surface area contributed by atoms with Gasteiger partial charge in [-0.05, 0) is 46.8 Å². The van der Waals surface area contributed by atoms with Crippen molar-refractivity contribution >= 4 is 28.4 Å². The lowest BCUT2D eigenvalue weighted by atomic mass is 10.0. The zero-order chi connectivity index (χ0) is 25.7. The Kier molecular flexibility index (Phi) is 7.33. The van der Waals surface area contributed by atoms with E-state index in [1.165, 1.54) is 31.6 Å². The van der Waals surface area contributed by atoms with Gasteiger partial charge in [0.15, 0.2) is 11.6 Å². The smallest absolute Gasteiger partial charge is 0.255 e. The van der Waals surface area contributed by atoms with Crippen molar-refractivity contribution in [3.8, 4) is 5.75 Å². The number of nitrogens with one attached hydrogen (secondary N) is 2. The fourth-order valence-electron chi connectivity index (χ4n) is 3.75. The predicted octanol–water partition coefficient (Wildman–Crippen LogP) is 3.16. The van der Waals surface area contributed by atoms with Crippen LogP contribution in [0.4, 0.5) is 14.6 Å². The second-order valence-corrected chi connectivity index (χ2v) is 8.02. The number of anilines is 1. The van der Waals surface area contributed by atoms with Crippen molar-refractivity contribution in [2.75, 3.05) is 12.8 Å². The Hall–Kier alpha value is -4.60. The molecule has 36 heavy (non-hydrogen) atoms. The highest BCUT2D eigenvalue weighted by Gasteiger charge is 2.24. The summed E-state index contributed by atoms with van der Waals surface area (Å²) in [7, 11) is 1.40. The third-order valence-corrected chi connectivity index (χ3v) is 5.62. The van der Waals surface area contributed by atoms with Crippen LogP contribution in [0.2, 0.25) is 0 Å². The van der Waals surface area contributed by atoms with Gasteiger partial charge in [0, 0.05) is 30.7 Å². The lowest BCUT2D eigenvalue weighted by molar-refractivity contribution is -0.123. The monoisotopic (exact) mass is 491 g/mol. The number of hydrogen-bond donors (Lipinski definition) is 3. The van der Waals surface area contributed by atoms with E-state index in [4.69, 9.17) is 10.5 Å². The third kappa shape index (κ3) is 5.54. The van der Waals surface area contributed by atoms with Gasteiger partial charge in [0.25, 0.3) is 5.91 Å². The number of halogens is 2. The molecule has 0 saturated heterocycles. The van der Waals surface area contributed by atoms with Crippen LogP contribution >= 0.6 is 0 Å². The van der Waals surface area contributed by atoms with Crippen LogP contribution in [0.1, 0.15) is 21.5 Å². The van der Waals surface area contributed by atoms with Crippen LogP contribution < -0.4 is 21.1 Å². The number of hydrogen-bond acceptors (Lipinski definition) is 6. The average Bonchev–Trinajstić information content (AvgIpc) is 2.89. The minimum atomic E-state index is -1.08. The summed E-state index contributed by atoms with van der Waals surface area (Å²) in [6.07, 6.45) is 4.33. The SMILES string of the molecule is COc1cnccc1C(=O)N[C@@H](Cc1ccc(F)c(F)c1)C(=O)NCc1ccc2c(N)nccc2c1. The molecule has 2 aromatic carbocycles. The van der Waals surface area contributed by atoms with Crippen LogP contribution in [-0.4, -0.2) is 34.9 Å². The van der Waals surface area contributed by atoms with Gasteiger partial charge in [-0.25, -0.2) is 13.8 Å². The van der Waals surface area contributed by atoms with Crippen LogP contribution in [0.3, 0.4) is 0 Å². The van der Waals surface area contributed by atoms with Crippen molar-refractivity contribution in [1.29, 1.82) is 0 Å². The van der Waals surface area contributed by atoms with E-state index in [0.29, 0.717) is 11.4 Å². The number of carbonyl (C=O) groups is 2. The fourth-order valence-corrected chi connectivity index (χ4v) is 3.75. The number of carbonyl (C=O) groups excluding carboxylic acids is 2. The standard InChI is InChI=1S/C26H23F2N5O3/c1-36-23-14-30-8-7-19(23)25(34)33-22(12-15-3-5-20(27)21(28)11-15)26(35)32-13-16-2-4-18-17(10-16)6-9-31-24(18)29/h2-11,14,22H,12-13H2,1H3,(H2,29,31)(H,32,35)(H,33,34)/t22-/m0/s1. The molecular weight excluding hydrogens is 468 g/mol. The van der Waals surface area contributed by atoms with Gasteiger partial charge in [0.1, 0.15) is 17.6 Å². The van der Waals surface area contributed by atoms with E-state index in [1.807, 2.05) is 24.3 Å². The van der Waals surface area contributed by atoms with Crippen LogP contribution in [0.15, 0.2) is 67.1 Å². The van der Waals surface area contributed by atoms with E-state index in [1.54, 1.807) is 6.20 Å². The predicted molar refractivity (Wildman–Crippen MR) is 130 cm³/mol. The highest BCUT2D eigenvalue weighted by Crippen LogP contribution is 2.20. The maximum absolute atomic E-state index is 13.8. The van der Waals surface area contributed by atoms with Crippen LogP contribution in [0.5, 0.6) is 5.75 Å². The normalized spacial score (nSPS) is 11.6. The van der Waals surface area contributed by atoms with E-state index in [9.17, 15) is 18.4 Å². The first kappa shape index (κ1) is 24.5. The van der Waals surface area contributed by atoms with Gasteiger partial charge in [0.2, 0.25) is 5.91 Å². The van der Waals surface area contributed by atoms with Gasteiger partial charge in [-0.3, -0.25) is 14.6 Å². The summed E-state index contributed by atoms with van der Waals surface area (Å²) >= 11 is 0. The summed E-state index contributed by atoms with van der Waals surface area (Å²) in [6.45, 7) is 0.166. The Bertz CT molecular complexity index is 1430. The molecule has 0 spiro atoms. The molecule has 4 aromatic rings. The number of ether oxygens (including phenoxy) is 1. The molecule has 8 nitrogen and oxygen atoms in total. The summed E-state index contributed by atoms with van der Waals surface area (Å²) in [5, 5.41) is 7.12.